The van der Waals surface area contributed by atoms with Gasteiger partial charge in [-0.3, -0.25) is 9.59 Å². The van der Waals surface area contributed by atoms with E-state index in [0.29, 0.717) is 23.3 Å². The Kier molecular flexibility index (Phi) is 3.41. The summed E-state index contributed by atoms with van der Waals surface area (Å²) in [6.45, 7) is 9.53. The first-order valence-corrected chi connectivity index (χ1v) is 8.60. The summed E-state index contributed by atoms with van der Waals surface area (Å²) in [7, 11) is 0. The largest absolute Gasteiger partial charge is 0.507 e. The van der Waals surface area contributed by atoms with Gasteiger partial charge >= 0.3 is 0 Å². The van der Waals surface area contributed by atoms with Crippen LogP contribution in [0.15, 0.2) is 33.5 Å². The van der Waals surface area contributed by atoms with E-state index in [9.17, 15) is 14.7 Å². The number of phenolic OH excluding ortho intramolecular Hbond substituents is 1. The molecule has 5 nitrogen and oxygen atoms in total. The fourth-order valence-electron chi connectivity index (χ4n) is 3.62. The zero-order valence-corrected chi connectivity index (χ0v) is 15.0. The van der Waals surface area contributed by atoms with Crippen LogP contribution < -0.4 is 10.2 Å². The number of benzene rings is 1. The molecule has 0 bridgehead atoms. The third-order valence-corrected chi connectivity index (χ3v) is 5.10. The molecular weight excluding hydrogens is 332 g/mol. The molecule has 2 heterocycles. The van der Waals surface area contributed by atoms with Gasteiger partial charge in [-0.1, -0.05) is 12.2 Å². The topological polar surface area (TPSA) is 76.7 Å². The van der Waals surface area contributed by atoms with Gasteiger partial charge in [0.15, 0.2) is 22.6 Å². The van der Waals surface area contributed by atoms with Crippen LogP contribution >= 0.6 is 0 Å². The fourth-order valence-corrected chi connectivity index (χ4v) is 3.62. The van der Waals surface area contributed by atoms with Gasteiger partial charge in [-0.15, -0.1) is 0 Å². The smallest absolute Gasteiger partial charge is 0.200 e. The Morgan fingerprint density at radius 3 is 2.73 bits per heavy atom. The van der Waals surface area contributed by atoms with Crippen molar-refractivity contribution in [1.82, 2.24) is 0 Å². The first-order valence-electron chi connectivity index (χ1n) is 8.60. The van der Waals surface area contributed by atoms with Crippen LogP contribution in [-0.2, 0) is 6.42 Å². The van der Waals surface area contributed by atoms with Crippen molar-refractivity contribution in [3.05, 3.63) is 51.4 Å². The minimum atomic E-state index is -0.536. The third kappa shape index (κ3) is 2.38. The lowest BCUT2D eigenvalue weighted by atomic mass is 9.82. The average molecular weight is 352 g/mol. The number of ketones is 1. The van der Waals surface area contributed by atoms with Crippen molar-refractivity contribution >= 4 is 22.8 Å². The Labute approximate surface area is 150 Å². The van der Waals surface area contributed by atoms with Gasteiger partial charge in [-0.05, 0) is 45.3 Å². The molecule has 134 valence electrons. The molecule has 0 fully saturated rings. The number of phenols is 1. The molecule has 26 heavy (non-hydrogen) atoms. The lowest BCUT2D eigenvalue weighted by Gasteiger charge is -2.28. The molecule has 1 aromatic heterocycles. The molecule has 2 aliphatic rings. The molecule has 1 aliphatic heterocycles. The van der Waals surface area contributed by atoms with Crippen molar-refractivity contribution in [2.24, 2.45) is 5.92 Å². The van der Waals surface area contributed by atoms with E-state index in [-0.39, 0.29) is 46.0 Å². The van der Waals surface area contributed by atoms with Crippen LogP contribution in [0.3, 0.4) is 0 Å². The summed E-state index contributed by atoms with van der Waals surface area (Å²) >= 11 is 0. The molecule has 1 aliphatic carbocycles. The van der Waals surface area contributed by atoms with E-state index in [1.54, 1.807) is 6.08 Å². The van der Waals surface area contributed by atoms with Crippen LogP contribution in [0.5, 0.6) is 11.5 Å². The maximum atomic E-state index is 13.1. The summed E-state index contributed by atoms with van der Waals surface area (Å²) in [4.78, 5) is 25.6. The summed E-state index contributed by atoms with van der Waals surface area (Å²) in [5, 5.41) is 10.5. The monoisotopic (exact) mass is 352 g/mol. The van der Waals surface area contributed by atoms with Crippen molar-refractivity contribution in [1.29, 1.82) is 0 Å². The van der Waals surface area contributed by atoms with Crippen LogP contribution in [0, 0.1) is 5.92 Å². The van der Waals surface area contributed by atoms with Crippen LogP contribution in [0.4, 0.5) is 0 Å². The van der Waals surface area contributed by atoms with E-state index in [1.807, 2.05) is 26.8 Å². The number of hydrogen-bond acceptors (Lipinski definition) is 5. The van der Waals surface area contributed by atoms with E-state index < -0.39 is 5.60 Å². The van der Waals surface area contributed by atoms with Crippen LogP contribution in [-0.4, -0.2) is 16.5 Å². The van der Waals surface area contributed by atoms with Gasteiger partial charge in [-0.25, -0.2) is 0 Å². The Balaban J connectivity index is 2.03. The van der Waals surface area contributed by atoms with Gasteiger partial charge in [0.2, 0.25) is 0 Å². The van der Waals surface area contributed by atoms with E-state index in [4.69, 9.17) is 9.15 Å². The highest BCUT2D eigenvalue weighted by Crippen LogP contribution is 2.41. The van der Waals surface area contributed by atoms with Crippen molar-refractivity contribution in [2.75, 3.05) is 0 Å². The number of rotatable bonds is 1. The Hall–Kier alpha value is -2.82. The van der Waals surface area contributed by atoms with E-state index >= 15 is 0 Å². The van der Waals surface area contributed by atoms with Gasteiger partial charge in [0.05, 0.1) is 5.56 Å². The molecule has 0 amide bonds. The molecular formula is C21H20O5. The summed E-state index contributed by atoms with van der Waals surface area (Å²) < 4.78 is 11.7. The first-order chi connectivity index (χ1) is 12.2. The maximum absolute atomic E-state index is 13.1. The predicted octanol–water partition coefficient (Wildman–Crippen LogP) is 4.00. The van der Waals surface area contributed by atoms with E-state index in [1.165, 1.54) is 6.07 Å². The van der Waals surface area contributed by atoms with Gasteiger partial charge < -0.3 is 14.3 Å². The van der Waals surface area contributed by atoms with E-state index in [2.05, 4.69) is 6.58 Å². The zero-order valence-electron chi connectivity index (χ0n) is 15.0. The second-order valence-electron chi connectivity index (χ2n) is 7.66. The minimum Gasteiger partial charge on any atom is -0.507 e. The first kappa shape index (κ1) is 16.6. The highest BCUT2D eigenvalue weighted by Gasteiger charge is 2.33. The molecule has 4 rings (SSSR count). The lowest BCUT2D eigenvalue weighted by Crippen LogP contribution is -2.29. The van der Waals surface area contributed by atoms with Gasteiger partial charge in [-0.2, -0.15) is 0 Å². The molecule has 1 N–H and O–H groups in total. The number of carbonyl (C=O) groups excluding carboxylic acids is 1. The summed E-state index contributed by atoms with van der Waals surface area (Å²) in [6.07, 6.45) is 4.33. The predicted molar refractivity (Wildman–Crippen MR) is 98.8 cm³/mol. The number of hydrogen-bond donors (Lipinski definition) is 1. The Bertz CT molecular complexity index is 1070. The number of ether oxygens (including phenoxy) is 1. The van der Waals surface area contributed by atoms with Crippen molar-refractivity contribution in [3.8, 4) is 11.5 Å². The third-order valence-electron chi connectivity index (χ3n) is 5.10. The normalized spacial score (nSPS) is 20.4. The highest BCUT2D eigenvalue weighted by molar-refractivity contribution is 6.00. The molecule has 0 unspecified atom stereocenters. The van der Waals surface area contributed by atoms with E-state index in [0.717, 1.165) is 5.57 Å². The van der Waals surface area contributed by atoms with Crippen molar-refractivity contribution < 1.29 is 19.1 Å². The van der Waals surface area contributed by atoms with Crippen LogP contribution in [0.2, 0.25) is 0 Å². The standard InChI is InChI=1S/C21H20O5/c1-10(2)11-7-13-18(24)17-14(22)9-16-12(5-6-21(3,4)26-16)20(17)25-19(13)15(23)8-11/h5-6,9,11,22H,1,7-8H2,2-4H3/t11-/m1/s1. The molecule has 0 saturated heterocycles. The second-order valence-corrected chi connectivity index (χ2v) is 7.66. The number of allylic oxidation sites excluding steroid dienone is 1. The number of fused-ring (bicyclic) bond motifs is 4. The molecule has 0 saturated carbocycles. The molecule has 0 radical (unpaired) electrons. The minimum absolute atomic E-state index is 0.0841. The lowest BCUT2D eigenvalue weighted by molar-refractivity contribution is 0.0925. The maximum Gasteiger partial charge on any atom is 0.200 e. The second kappa shape index (κ2) is 5.34. The van der Waals surface area contributed by atoms with Crippen molar-refractivity contribution in [2.45, 2.75) is 39.2 Å². The average Bonchev–Trinajstić information content (AvgIpc) is 2.54. The van der Waals surface area contributed by atoms with Gasteiger partial charge in [0.25, 0.3) is 0 Å². The summed E-state index contributed by atoms with van der Waals surface area (Å²) in [5.74, 6) is 0.0153. The molecule has 5 heteroatoms. The van der Waals surface area contributed by atoms with Crippen molar-refractivity contribution in [3.63, 3.8) is 0 Å². The number of aromatic hydroxyl groups is 1. The fraction of sp³-hybridized carbons (Fsp3) is 0.333. The Morgan fingerprint density at radius 2 is 2.04 bits per heavy atom. The summed E-state index contributed by atoms with van der Waals surface area (Å²) in [5.41, 5.74) is 1.03. The zero-order chi connectivity index (χ0) is 18.8. The summed E-state index contributed by atoms with van der Waals surface area (Å²) in [6, 6.07) is 1.44. The molecule has 0 spiro atoms. The van der Waals surface area contributed by atoms with Gasteiger partial charge in [0, 0.05) is 18.1 Å². The molecule has 1 aromatic carbocycles. The Morgan fingerprint density at radius 1 is 1.31 bits per heavy atom. The number of Topliss-reactive ketones (excluding diaryl/α,β-unsaturated/α-hetero) is 1. The van der Waals surface area contributed by atoms with Crippen LogP contribution in [0.1, 0.15) is 48.9 Å². The van der Waals surface area contributed by atoms with Crippen LogP contribution in [0.25, 0.3) is 17.0 Å². The molecule has 1 atom stereocenters. The SMILES string of the molecule is C=C(C)[C@H]1CC(=O)c2oc3c4c(cc(O)c3c(=O)c2C1)OC(C)(C)C=C4. The highest BCUT2D eigenvalue weighted by atomic mass is 16.5. The molecule has 2 aromatic rings. The number of carbonyl (C=O) groups is 1. The van der Waals surface area contributed by atoms with Gasteiger partial charge in [0.1, 0.15) is 22.5 Å². The quantitative estimate of drug-likeness (QED) is 0.785.